The van der Waals surface area contributed by atoms with Gasteiger partial charge in [0.15, 0.2) is 0 Å². The SMILES string of the molecule is COc1ccc2c(c1Cl)CNC2=O. The molecule has 1 heterocycles. The van der Waals surface area contributed by atoms with Crippen LogP contribution >= 0.6 is 11.6 Å². The molecule has 13 heavy (non-hydrogen) atoms. The molecule has 0 bridgehead atoms. The van der Waals surface area contributed by atoms with Crippen molar-refractivity contribution in [2.45, 2.75) is 6.54 Å². The maximum atomic E-state index is 11.2. The summed E-state index contributed by atoms with van der Waals surface area (Å²) < 4.78 is 5.03. The molecule has 4 heteroatoms. The molecule has 0 radical (unpaired) electrons. The number of benzene rings is 1. The second-order valence-corrected chi connectivity index (χ2v) is 3.17. The zero-order valence-corrected chi connectivity index (χ0v) is 7.81. The summed E-state index contributed by atoms with van der Waals surface area (Å²) in [5.41, 5.74) is 1.47. The van der Waals surface area contributed by atoms with Crippen molar-refractivity contribution in [3.8, 4) is 5.75 Å². The highest BCUT2D eigenvalue weighted by molar-refractivity contribution is 6.33. The number of halogens is 1. The Morgan fingerprint density at radius 1 is 1.54 bits per heavy atom. The number of ether oxygens (including phenoxy) is 1. The summed E-state index contributed by atoms with van der Waals surface area (Å²) in [6.45, 7) is 0.490. The topological polar surface area (TPSA) is 38.3 Å². The van der Waals surface area contributed by atoms with Gasteiger partial charge in [-0.1, -0.05) is 11.6 Å². The van der Waals surface area contributed by atoms with Crippen LogP contribution in [0.3, 0.4) is 0 Å². The Morgan fingerprint density at radius 3 is 3.00 bits per heavy atom. The van der Waals surface area contributed by atoms with Crippen LogP contribution in [-0.4, -0.2) is 13.0 Å². The fourth-order valence-corrected chi connectivity index (χ4v) is 1.72. The van der Waals surface area contributed by atoms with Gasteiger partial charge in [-0.25, -0.2) is 0 Å². The molecule has 1 aromatic carbocycles. The summed E-state index contributed by atoms with van der Waals surface area (Å²) in [6.07, 6.45) is 0. The first-order chi connectivity index (χ1) is 6.24. The Balaban J connectivity index is 2.60. The maximum Gasteiger partial charge on any atom is 0.251 e. The lowest BCUT2D eigenvalue weighted by atomic mass is 10.1. The Morgan fingerprint density at radius 2 is 2.31 bits per heavy atom. The third-order valence-electron chi connectivity index (χ3n) is 2.10. The maximum absolute atomic E-state index is 11.2. The number of carbonyl (C=O) groups is 1. The standard InChI is InChI=1S/C9H8ClNO2/c1-13-7-3-2-5-6(8(7)10)4-11-9(5)12/h2-3H,4H2,1H3,(H,11,12). The molecule has 1 aromatic rings. The summed E-state index contributed by atoms with van der Waals surface area (Å²) in [7, 11) is 1.55. The number of amides is 1. The third-order valence-corrected chi connectivity index (χ3v) is 2.51. The predicted octanol–water partition coefficient (Wildman–Crippen LogP) is 1.59. The zero-order valence-electron chi connectivity index (χ0n) is 7.06. The Kier molecular flexibility index (Phi) is 1.88. The van der Waals surface area contributed by atoms with Crippen LogP contribution in [0.4, 0.5) is 0 Å². The van der Waals surface area contributed by atoms with E-state index in [1.807, 2.05) is 0 Å². The van der Waals surface area contributed by atoms with Gasteiger partial charge in [-0.2, -0.15) is 0 Å². The van der Waals surface area contributed by atoms with E-state index < -0.39 is 0 Å². The van der Waals surface area contributed by atoms with E-state index >= 15 is 0 Å². The molecule has 3 nitrogen and oxygen atoms in total. The number of carbonyl (C=O) groups excluding carboxylic acids is 1. The highest BCUT2D eigenvalue weighted by atomic mass is 35.5. The van der Waals surface area contributed by atoms with Crippen LogP contribution in [-0.2, 0) is 6.54 Å². The largest absolute Gasteiger partial charge is 0.495 e. The van der Waals surface area contributed by atoms with Crippen LogP contribution in [0, 0.1) is 0 Å². The van der Waals surface area contributed by atoms with Gasteiger partial charge in [-0.15, -0.1) is 0 Å². The van der Waals surface area contributed by atoms with Gasteiger partial charge in [-0.05, 0) is 12.1 Å². The lowest BCUT2D eigenvalue weighted by Crippen LogP contribution is -2.12. The minimum absolute atomic E-state index is 0.0699. The Hall–Kier alpha value is -1.22. The second-order valence-electron chi connectivity index (χ2n) is 2.79. The van der Waals surface area contributed by atoms with Gasteiger partial charge in [0.05, 0.1) is 12.1 Å². The van der Waals surface area contributed by atoms with E-state index in [1.165, 1.54) is 0 Å². The smallest absolute Gasteiger partial charge is 0.251 e. The van der Waals surface area contributed by atoms with Crippen molar-refractivity contribution in [1.29, 1.82) is 0 Å². The molecule has 0 aliphatic carbocycles. The minimum Gasteiger partial charge on any atom is -0.495 e. The fraction of sp³-hybridized carbons (Fsp3) is 0.222. The molecule has 68 valence electrons. The highest BCUT2D eigenvalue weighted by Gasteiger charge is 2.22. The van der Waals surface area contributed by atoms with Crippen LogP contribution < -0.4 is 10.1 Å². The average Bonchev–Trinajstić information content (AvgIpc) is 2.50. The number of methoxy groups -OCH3 is 1. The van der Waals surface area contributed by atoms with E-state index in [-0.39, 0.29) is 5.91 Å². The molecule has 1 aliphatic rings. The molecule has 1 aliphatic heterocycles. The van der Waals surface area contributed by atoms with Crippen LogP contribution in [0.5, 0.6) is 5.75 Å². The van der Waals surface area contributed by atoms with Crippen molar-refractivity contribution in [1.82, 2.24) is 5.32 Å². The van der Waals surface area contributed by atoms with Gasteiger partial charge in [-0.3, -0.25) is 4.79 Å². The number of hydrogen-bond acceptors (Lipinski definition) is 2. The Labute approximate surface area is 80.6 Å². The van der Waals surface area contributed by atoms with Gasteiger partial charge < -0.3 is 10.1 Å². The van der Waals surface area contributed by atoms with Gasteiger partial charge in [0, 0.05) is 17.7 Å². The summed E-state index contributed by atoms with van der Waals surface area (Å²) in [5.74, 6) is 0.538. The second kappa shape index (κ2) is 2.92. The number of hydrogen-bond donors (Lipinski definition) is 1. The van der Waals surface area contributed by atoms with E-state index in [0.29, 0.717) is 22.9 Å². The molecule has 0 fully saturated rings. The molecule has 0 unspecified atom stereocenters. The van der Waals surface area contributed by atoms with Crippen molar-refractivity contribution in [2.75, 3.05) is 7.11 Å². The molecular formula is C9H8ClNO2. The lowest BCUT2D eigenvalue weighted by molar-refractivity contribution is 0.0966. The molecule has 2 rings (SSSR count). The summed E-state index contributed by atoms with van der Waals surface area (Å²) in [6, 6.07) is 3.43. The molecular weight excluding hydrogens is 190 g/mol. The molecule has 1 N–H and O–H groups in total. The number of fused-ring (bicyclic) bond motifs is 1. The monoisotopic (exact) mass is 197 g/mol. The molecule has 0 aromatic heterocycles. The van der Waals surface area contributed by atoms with Crippen LogP contribution in [0.2, 0.25) is 5.02 Å². The summed E-state index contributed by atoms with van der Waals surface area (Å²) >= 11 is 6.00. The van der Waals surface area contributed by atoms with Gasteiger partial charge in [0.1, 0.15) is 5.75 Å². The van der Waals surface area contributed by atoms with E-state index in [1.54, 1.807) is 19.2 Å². The summed E-state index contributed by atoms with van der Waals surface area (Å²) in [5, 5.41) is 3.22. The fourth-order valence-electron chi connectivity index (χ4n) is 1.41. The minimum atomic E-state index is -0.0699. The highest BCUT2D eigenvalue weighted by Crippen LogP contribution is 2.32. The molecule has 1 amide bonds. The quantitative estimate of drug-likeness (QED) is 0.743. The van der Waals surface area contributed by atoms with E-state index in [9.17, 15) is 4.79 Å². The van der Waals surface area contributed by atoms with Gasteiger partial charge >= 0.3 is 0 Å². The van der Waals surface area contributed by atoms with Gasteiger partial charge in [0.25, 0.3) is 5.91 Å². The van der Waals surface area contributed by atoms with Crippen molar-refractivity contribution < 1.29 is 9.53 Å². The first kappa shape index (κ1) is 8.38. The van der Waals surface area contributed by atoms with Crippen molar-refractivity contribution in [3.05, 3.63) is 28.3 Å². The first-order valence-corrected chi connectivity index (χ1v) is 4.25. The van der Waals surface area contributed by atoms with Crippen LogP contribution in [0.25, 0.3) is 0 Å². The van der Waals surface area contributed by atoms with Crippen molar-refractivity contribution >= 4 is 17.5 Å². The van der Waals surface area contributed by atoms with E-state index in [4.69, 9.17) is 16.3 Å². The van der Waals surface area contributed by atoms with Crippen molar-refractivity contribution in [3.63, 3.8) is 0 Å². The van der Waals surface area contributed by atoms with Crippen LogP contribution in [0.1, 0.15) is 15.9 Å². The average molecular weight is 198 g/mol. The van der Waals surface area contributed by atoms with Crippen LogP contribution in [0.15, 0.2) is 12.1 Å². The normalized spacial score (nSPS) is 13.8. The molecule has 0 saturated heterocycles. The third kappa shape index (κ3) is 1.16. The van der Waals surface area contributed by atoms with E-state index in [0.717, 1.165) is 5.56 Å². The lowest BCUT2D eigenvalue weighted by Gasteiger charge is -2.05. The summed E-state index contributed by atoms with van der Waals surface area (Å²) in [4.78, 5) is 11.2. The van der Waals surface area contributed by atoms with Gasteiger partial charge in [0.2, 0.25) is 0 Å². The number of rotatable bonds is 1. The van der Waals surface area contributed by atoms with Crippen molar-refractivity contribution in [2.24, 2.45) is 0 Å². The number of nitrogens with one attached hydrogen (secondary N) is 1. The zero-order chi connectivity index (χ0) is 9.42. The molecule has 0 saturated carbocycles. The van der Waals surface area contributed by atoms with E-state index in [2.05, 4.69) is 5.32 Å². The Bertz CT molecular complexity index is 376. The predicted molar refractivity (Wildman–Crippen MR) is 49.2 cm³/mol. The first-order valence-electron chi connectivity index (χ1n) is 3.87. The molecule has 0 spiro atoms. The molecule has 0 atom stereocenters.